The van der Waals surface area contributed by atoms with Crippen LogP contribution in [0.2, 0.25) is 5.02 Å². The molecule has 0 aliphatic heterocycles. The molecule has 0 aliphatic carbocycles. The number of carbonyl (C=O) groups is 1. The van der Waals surface area contributed by atoms with Gasteiger partial charge in [-0.2, -0.15) is 0 Å². The lowest BCUT2D eigenvalue weighted by Gasteiger charge is -2.09. The highest BCUT2D eigenvalue weighted by molar-refractivity contribution is 8.01. The van der Waals surface area contributed by atoms with Gasteiger partial charge in [0.2, 0.25) is 5.91 Å². The molecule has 0 aliphatic rings. The number of thioether (sulfide) groups is 1. The summed E-state index contributed by atoms with van der Waals surface area (Å²) in [4.78, 5) is 12.2. The van der Waals surface area contributed by atoms with Gasteiger partial charge >= 0.3 is 0 Å². The number of hydrogen-bond acceptors (Lipinski definition) is 6. The third kappa shape index (κ3) is 4.64. The second-order valence-corrected chi connectivity index (χ2v) is 8.34. The number of para-hydroxylation sites is 2. The van der Waals surface area contributed by atoms with Gasteiger partial charge in [0, 0.05) is 5.02 Å². The number of nitrogens with zero attached hydrogens (tertiary/aromatic N) is 2. The fourth-order valence-corrected chi connectivity index (χ4v) is 4.41. The zero-order valence-corrected chi connectivity index (χ0v) is 16.8. The van der Waals surface area contributed by atoms with Gasteiger partial charge in [0.05, 0.1) is 24.2 Å². The monoisotopic (exact) mass is 423 g/mol. The van der Waals surface area contributed by atoms with E-state index in [1.807, 2.05) is 24.3 Å². The van der Waals surface area contributed by atoms with Gasteiger partial charge in [0.15, 0.2) is 8.29 Å². The first kappa shape index (κ1) is 18.9. The molecule has 5 nitrogen and oxygen atoms in total. The van der Waals surface area contributed by atoms with Crippen molar-refractivity contribution in [3.63, 3.8) is 0 Å². The average molecular weight is 424 g/mol. The van der Waals surface area contributed by atoms with Crippen LogP contribution in [0.3, 0.4) is 0 Å². The van der Waals surface area contributed by atoms with Crippen molar-refractivity contribution in [1.29, 1.82) is 0 Å². The fourth-order valence-electron chi connectivity index (χ4n) is 2.13. The average Bonchev–Trinajstić information content (AvgIpc) is 3.02. The van der Waals surface area contributed by atoms with Gasteiger partial charge in [-0.05, 0) is 48.6 Å². The van der Waals surface area contributed by atoms with Crippen molar-refractivity contribution < 1.29 is 9.53 Å². The molecule has 3 aromatic rings. The molecule has 1 aromatic heterocycles. The van der Waals surface area contributed by atoms with E-state index in [1.54, 1.807) is 36.1 Å². The van der Waals surface area contributed by atoms with Crippen LogP contribution in [0.25, 0.3) is 5.69 Å². The minimum absolute atomic E-state index is 0.140. The lowest BCUT2D eigenvalue weighted by atomic mass is 10.3. The van der Waals surface area contributed by atoms with Crippen LogP contribution in [0.4, 0.5) is 5.69 Å². The van der Waals surface area contributed by atoms with Gasteiger partial charge in [-0.15, -0.1) is 5.10 Å². The Bertz CT molecular complexity index is 970. The molecule has 0 spiro atoms. The highest BCUT2D eigenvalue weighted by Crippen LogP contribution is 2.26. The number of hydrogen-bond donors (Lipinski definition) is 1. The lowest BCUT2D eigenvalue weighted by Crippen LogP contribution is -2.14. The lowest BCUT2D eigenvalue weighted by molar-refractivity contribution is -0.113. The third-order valence-electron chi connectivity index (χ3n) is 3.31. The maximum absolute atomic E-state index is 12.2. The van der Waals surface area contributed by atoms with Crippen LogP contribution >= 0.6 is 46.9 Å². The van der Waals surface area contributed by atoms with E-state index in [9.17, 15) is 4.79 Å². The van der Waals surface area contributed by atoms with Crippen molar-refractivity contribution >= 4 is 58.5 Å². The molecule has 0 radical (unpaired) electrons. The number of amides is 1. The Kier molecular flexibility index (Phi) is 6.31. The molecule has 3 rings (SSSR count). The molecule has 134 valence electrons. The minimum Gasteiger partial charge on any atom is -0.495 e. The number of anilines is 1. The zero-order valence-electron chi connectivity index (χ0n) is 13.6. The first-order valence-corrected chi connectivity index (χ1v) is 10.1. The molecule has 2 aromatic carbocycles. The molecular weight excluding hydrogens is 410 g/mol. The Labute approximate surface area is 169 Å². The van der Waals surface area contributed by atoms with E-state index in [2.05, 4.69) is 10.4 Å². The van der Waals surface area contributed by atoms with Crippen molar-refractivity contribution in [3.05, 3.63) is 57.5 Å². The molecule has 0 unspecified atom stereocenters. The van der Waals surface area contributed by atoms with Crippen LogP contribution in [0.15, 0.2) is 52.9 Å². The predicted octanol–water partition coefficient (Wildman–Crippen LogP) is 5.06. The van der Waals surface area contributed by atoms with E-state index in [-0.39, 0.29) is 11.7 Å². The van der Waals surface area contributed by atoms with E-state index >= 15 is 0 Å². The van der Waals surface area contributed by atoms with Crippen LogP contribution in [-0.2, 0) is 4.79 Å². The van der Waals surface area contributed by atoms with Crippen molar-refractivity contribution in [2.75, 3.05) is 18.2 Å². The SMILES string of the molecule is COc1ccccc1NC(=O)CSc1nn(-c2ccc(Cl)cc2)c(=S)s1. The summed E-state index contributed by atoms with van der Waals surface area (Å²) in [6, 6.07) is 14.5. The summed E-state index contributed by atoms with van der Waals surface area (Å²) in [5, 5.41) is 7.96. The minimum atomic E-state index is -0.140. The Morgan fingerprint density at radius 1 is 1.31 bits per heavy atom. The number of nitrogens with one attached hydrogen (secondary N) is 1. The Morgan fingerprint density at radius 2 is 2.04 bits per heavy atom. The number of benzene rings is 2. The number of ether oxygens (including phenoxy) is 1. The zero-order chi connectivity index (χ0) is 18.5. The van der Waals surface area contributed by atoms with E-state index in [0.717, 1.165) is 10.0 Å². The molecule has 9 heteroatoms. The van der Waals surface area contributed by atoms with E-state index in [0.29, 0.717) is 20.4 Å². The van der Waals surface area contributed by atoms with E-state index < -0.39 is 0 Å². The number of methoxy groups -OCH3 is 1. The fraction of sp³-hybridized carbons (Fsp3) is 0.118. The summed E-state index contributed by atoms with van der Waals surface area (Å²) < 4.78 is 8.22. The van der Waals surface area contributed by atoms with Gasteiger partial charge in [0.1, 0.15) is 5.75 Å². The third-order valence-corrected chi connectivity index (χ3v) is 5.93. The predicted molar refractivity (Wildman–Crippen MR) is 110 cm³/mol. The first-order chi connectivity index (χ1) is 12.6. The van der Waals surface area contributed by atoms with Gasteiger partial charge in [0.25, 0.3) is 0 Å². The van der Waals surface area contributed by atoms with Gasteiger partial charge < -0.3 is 10.1 Å². The highest BCUT2D eigenvalue weighted by Gasteiger charge is 2.11. The number of carbonyl (C=O) groups excluding carboxylic acids is 1. The number of aromatic nitrogens is 2. The van der Waals surface area contributed by atoms with Crippen molar-refractivity contribution in [3.8, 4) is 11.4 Å². The highest BCUT2D eigenvalue weighted by atomic mass is 35.5. The van der Waals surface area contributed by atoms with Crippen LogP contribution in [0.1, 0.15) is 0 Å². The molecule has 1 N–H and O–H groups in total. The van der Waals surface area contributed by atoms with Crippen molar-refractivity contribution in [1.82, 2.24) is 9.78 Å². The van der Waals surface area contributed by atoms with Gasteiger partial charge in [-0.25, -0.2) is 4.68 Å². The second kappa shape index (κ2) is 8.68. The summed E-state index contributed by atoms with van der Waals surface area (Å²) in [6.45, 7) is 0. The normalized spacial score (nSPS) is 10.5. The summed E-state index contributed by atoms with van der Waals surface area (Å²) in [5.74, 6) is 0.702. The van der Waals surface area contributed by atoms with Crippen LogP contribution < -0.4 is 10.1 Å². The summed E-state index contributed by atoms with van der Waals surface area (Å²) in [7, 11) is 1.57. The molecule has 0 fully saturated rings. The molecule has 0 bridgehead atoms. The molecule has 26 heavy (non-hydrogen) atoms. The topological polar surface area (TPSA) is 56.1 Å². The van der Waals surface area contributed by atoms with Crippen LogP contribution in [0, 0.1) is 3.95 Å². The smallest absolute Gasteiger partial charge is 0.234 e. The molecule has 0 atom stereocenters. The molecular formula is C17H14ClN3O2S3. The largest absolute Gasteiger partial charge is 0.495 e. The second-order valence-electron chi connectivity index (χ2n) is 5.06. The Morgan fingerprint density at radius 3 is 2.77 bits per heavy atom. The first-order valence-electron chi connectivity index (χ1n) is 7.48. The maximum atomic E-state index is 12.2. The standard InChI is InChI=1S/C17H14ClN3O2S3/c1-23-14-5-3-2-4-13(14)19-15(22)10-25-16-20-21(17(24)26-16)12-8-6-11(18)7-9-12/h2-9H,10H2,1H3,(H,19,22). The van der Waals surface area contributed by atoms with Crippen LogP contribution in [-0.4, -0.2) is 28.6 Å². The van der Waals surface area contributed by atoms with Crippen molar-refractivity contribution in [2.45, 2.75) is 4.34 Å². The quantitative estimate of drug-likeness (QED) is 0.443. The van der Waals surface area contributed by atoms with Crippen LogP contribution in [0.5, 0.6) is 5.75 Å². The molecule has 0 saturated heterocycles. The summed E-state index contributed by atoms with van der Waals surface area (Å²) >= 11 is 14.0. The van der Waals surface area contributed by atoms with Crippen molar-refractivity contribution in [2.24, 2.45) is 0 Å². The maximum Gasteiger partial charge on any atom is 0.234 e. The Balaban J connectivity index is 1.65. The van der Waals surface area contributed by atoms with E-state index in [4.69, 9.17) is 28.6 Å². The summed E-state index contributed by atoms with van der Waals surface area (Å²) in [5.41, 5.74) is 1.47. The number of halogens is 1. The molecule has 1 heterocycles. The van der Waals surface area contributed by atoms with E-state index in [1.165, 1.54) is 23.1 Å². The Hall–Kier alpha value is -1.87. The molecule has 1 amide bonds. The van der Waals surface area contributed by atoms with Gasteiger partial charge in [-0.1, -0.05) is 46.8 Å². The molecule has 0 saturated carbocycles. The number of rotatable bonds is 6. The summed E-state index contributed by atoms with van der Waals surface area (Å²) in [6.07, 6.45) is 0. The van der Waals surface area contributed by atoms with Gasteiger partial charge in [-0.3, -0.25) is 4.79 Å².